The van der Waals surface area contributed by atoms with Gasteiger partial charge in [0.25, 0.3) is 0 Å². The van der Waals surface area contributed by atoms with Crippen LogP contribution in [0.15, 0.2) is 16.8 Å². The van der Waals surface area contributed by atoms with Crippen LogP contribution in [0.5, 0.6) is 0 Å². The van der Waals surface area contributed by atoms with Gasteiger partial charge in [-0.3, -0.25) is 9.69 Å². The molecule has 1 aromatic rings. The molecule has 1 saturated heterocycles. The van der Waals surface area contributed by atoms with E-state index in [-0.39, 0.29) is 5.91 Å². The maximum Gasteiger partial charge on any atom is 0.236 e. The summed E-state index contributed by atoms with van der Waals surface area (Å²) in [7, 11) is 3.63. The molecule has 0 unspecified atom stereocenters. The zero-order valence-electron chi connectivity index (χ0n) is 9.85. The van der Waals surface area contributed by atoms with Crippen LogP contribution in [-0.4, -0.2) is 42.9 Å². The predicted molar refractivity (Wildman–Crippen MR) is 66.6 cm³/mol. The van der Waals surface area contributed by atoms with Gasteiger partial charge in [-0.2, -0.15) is 11.3 Å². The summed E-state index contributed by atoms with van der Waals surface area (Å²) in [6, 6.07) is 2.63. The third-order valence-electron chi connectivity index (χ3n) is 3.13. The second kappa shape index (κ2) is 4.97. The van der Waals surface area contributed by atoms with Gasteiger partial charge in [0, 0.05) is 20.1 Å². The Labute approximate surface area is 101 Å². The fourth-order valence-corrected chi connectivity index (χ4v) is 2.88. The summed E-state index contributed by atoms with van der Waals surface area (Å²) in [4.78, 5) is 15.7. The third-order valence-corrected chi connectivity index (χ3v) is 3.83. The van der Waals surface area contributed by atoms with Crippen LogP contribution in [0, 0.1) is 0 Å². The van der Waals surface area contributed by atoms with Crippen LogP contribution in [0.25, 0.3) is 0 Å². The van der Waals surface area contributed by atoms with Gasteiger partial charge in [0.15, 0.2) is 0 Å². The Kier molecular flexibility index (Phi) is 3.61. The first-order chi connectivity index (χ1) is 7.68. The lowest BCUT2D eigenvalue weighted by Gasteiger charge is -2.24. The summed E-state index contributed by atoms with van der Waals surface area (Å²) in [6.07, 6.45) is 2.37. The van der Waals surface area contributed by atoms with E-state index in [1.165, 1.54) is 18.4 Å². The molecule has 1 atom stereocenters. The molecule has 3 nitrogen and oxygen atoms in total. The van der Waals surface area contributed by atoms with Crippen molar-refractivity contribution in [2.75, 3.05) is 27.2 Å². The van der Waals surface area contributed by atoms with Gasteiger partial charge in [0.1, 0.15) is 0 Å². The Morgan fingerprint density at radius 2 is 2.44 bits per heavy atom. The lowest BCUT2D eigenvalue weighted by atomic mass is 10.1. The highest BCUT2D eigenvalue weighted by molar-refractivity contribution is 7.07. The Hall–Kier alpha value is -0.870. The Bertz CT molecular complexity index is 348. The standard InChI is InChI=1S/C12H18N2OS/c1-13(2)12(15)8-14-6-3-4-11(14)10-5-7-16-9-10/h5,7,9,11H,3-4,6,8H2,1-2H3/t11-/m1/s1. The minimum Gasteiger partial charge on any atom is -0.348 e. The number of carbonyl (C=O) groups excluding carboxylic acids is 1. The highest BCUT2D eigenvalue weighted by Gasteiger charge is 2.27. The molecular formula is C12H18N2OS. The first-order valence-electron chi connectivity index (χ1n) is 5.65. The quantitative estimate of drug-likeness (QED) is 0.804. The fraction of sp³-hybridized carbons (Fsp3) is 0.583. The molecule has 0 bridgehead atoms. The number of likely N-dealkylation sites (tertiary alicyclic amines) is 1. The molecule has 0 saturated carbocycles. The highest BCUT2D eigenvalue weighted by atomic mass is 32.1. The first-order valence-corrected chi connectivity index (χ1v) is 6.59. The number of hydrogen-bond donors (Lipinski definition) is 0. The maximum atomic E-state index is 11.7. The van der Waals surface area contributed by atoms with Crippen LogP contribution in [0.2, 0.25) is 0 Å². The van der Waals surface area contributed by atoms with Crippen molar-refractivity contribution in [2.45, 2.75) is 18.9 Å². The number of rotatable bonds is 3. The highest BCUT2D eigenvalue weighted by Crippen LogP contribution is 2.32. The van der Waals surface area contributed by atoms with Gasteiger partial charge in [-0.15, -0.1) is 0 Å². The molecule has 2 rings (SSSR count). The number of likely N-dealkylation sites (N-methyl/N-ethyl adjacent to an activating group) is 1. The normalized spacial score (nSPS) is 21.2. The van der Waals surface area contributed by atoms with Crippen molar-refractivity contribution < 1.29 is 4.79 Å². The Morgan fingerprint density at radius 3 is 3.06 bits per heavy atom. The lowest BCUT2D eigenvalue weighted by Crippen LogP contribution is -2.36. The number of thiophene rings is 1. The van der Waals surface area contributed by atoms with E-state index in [4.69, 9.17) is 0 Å². The molecule has 1 fully saturated rings. The molecule has 1 amide bonds. The van der Waals surface area contributed by atoms with Crippen molar-refractivity contribution in [1.29, 1.82) is 0 Å². The van der Waals surface area contributed by atoms with Crippen LogP contribution in [0.1, 0.15) is 24.4 Å². The van der Waals surface area contributed by atoms with E-state index in [1.807, 2.05) is 14.1 Å². The minimum atomic E-state index is 0.196. The van der Waals surface area contributed by atoms with Gasteiger partial charge < -0.3 is 4.90 Å². The van der Waals surface area contributed by atoms with E-state index >= 15 is 0 Å². The van der Waals surface area contributed by atoms with Crippen LogP contribution in [0.4, 0.5) is 0 Å². The number of amides is 1. The summed E-state index contributed by atoms with van der Waals surface area (Å²) in [5, 5.41) is 4.31. The predicted octanol–water partition coefficient (Wildman–Crippen LogP) is 1.97. The van der Waals surface area contributed by atoms with E-state index in [0.29, 0.717) is 12.6 Å². The molecule has 0 N–H and O–H groups in total. The molecular weight excluding hydrogens is 220 g/mol. The summed E-state index contributed by atoms with van der Waals surface area (Å²) in [5.74, 6) is 0.196. The van der Waals surface area contributed by atoms with Crippen molar-refractivity contribution in [3.05, 3.63) is 22.4 Å². The monoisotopic (exact) mass is 238 g/mol. The summed E-state index contributed by atoms with van der Waals surface area (Å²) in [6.45, 7) is 1.59. The molecule has 0 radical (unpaired) electrons. The topological polar surface area (TPSA) is 23.6 Å². The first kappa shape index (κ1) is 11.6. The summed E-state index contributed by atoms with van der Waals surface area (Å²) < 4.78 is 0. The number of carbonyl (C=O) groups is 1. The van der Waals surface area contributed by atoms with Gasteiger partial charge in [0.2, 0.25) is 5.91 Å². The maximum absolute atomic E-state index is 11.7. The average molecular weight is 238 g/mol. The van der Waals surface area contributed by atoms with Crippen molar-refractivity contribution in [2.24, 2.45) is 0 Å². The number of hydrogen-bond acceptors (Lipinski definition) is 3. The van der Waals surface area contributed by atoms with Crippen LogP contribution >= 0.6 is 11.3 Å². The minimum absolute atomic E-state index is 0.196. The van der Waals surface area contributed by atoms with Crippen molar-refractivity contribution in [3.63, 3.8) is 0 Å². The van der Waals surface area contributed by atoms with Crippen molar-refractivity contribution >= 4 is 17.2 Å². The summed E-state index contributed by atoms with van der Waals surface area (Å²) in [5.41, 5.74) is 1.37. The largest absolute Gasteiger partial charge is 0.348 e. The third kappa shape index (κ3) is 2.44. The molecule has 1 aliphatic rings. The average Bonchev–Trinajstić information content (AvgIpc) is 2.85. The molecule has 0 aromatic carbocycles. The summed E-state index contributed by atoms with van der Waals surface area (Å²) >= 11 is 1.73. The van der Waals surface area contributed by atoms with E-state index in [1.54, 1.807) is 16.2 Å². The number of nitrogens with zero attached hydrogens (tertiary/aromatic N) is 2. The van der Waals surface area contributed by atoms with E-state index in [2.05, 4.69) is 21.7 Å². The molecule has 0 spiro atoms. The van der Waals surface area contributed by atoms with Crippen LogP contribution < -0.4 is 0 Å². The van der Waals surface area contributed by atoms with E-state index in [9.17, 15) is 4.79 Å². The van der Waals surface area contributed by atoms with Gasteiger partial charge in [-0.05, 0) is 41.8 Å². The zero-order chi connectivity index (χ0) is 11.5. The van der Waals surface area contributed by atoms with Crippen LogP contribution in [0.3, 0.4) is 0 Å². The molecule has 4 heteroatoms. The fourth-order valence-electron chi connectivity index (χ4n) is 2.17. The molecule has 2 heterocycles. The van der Waals surface area contributed by atoms with Gasteiger partial charge in [-0.25, -0.2) is 0 Å². The SMILES string of the molecule is CN(C)C(=O)CN1CCC[C@@H]1c1ccsc1. The molecule has 0 aliphatic carbocycles. The van der Waals surface area contributed by atoms with E-state index in [0.717, 1.165) is 6.54 Å². The second-order valence-electron chi connectivity index (χ2n) is 4.47. The molecule has 88 valence electrons. The van der Waals surface area contributed by atoms with Crippen molar-refractivity contribution in [1.82, 2.24) is 9.80 Å². The smallest absolute Gasteiger partial charge is 0.236 e. The zero-order valence-corrected chi connectivity index (χ0v) is 10.7. The van der Waals surface area contributed by atoms with Crippen molar-refractivity contribution in [3.8, 4) is 0 Å². The molecule has 16 heavy (non-hydrogen) atoms. The Balaban J connectivity index is 2.01. The van der Waals surface area contributed by atoms with Crippen LogP contribution in [-0.2, 0) is 4.79 Å². The van der Waals surface area contributed by atoms with Gasteiger partial charge >= 0.3 is 0 Å². The Morgan fingerprint density at radius 1 is 1.62 bits per heavy atom. The molecule has 1 aromatic heterocycles. The lowest BCUT2D eigenvalue weighted by molar-refractivity contribution is -0.130. The molecule has 1 aliphatic heterocycles. The second-order valence-corrected chi connectivity index (χ2v) is 5.25. The van der Waals surface area contributed by atoms with E-state index < -0.39 is 0 Å². The van der Waals surface area contributed by atoms with Gasteiger partial charge in [0.05, 0.1) is 6.54 Å². The van der Waals surface area contributed by atoms with Gasteiger partial charge in [-0.1, -0.05) is 0 Å².